The lowest BCUT2D eigenvalue weighted by Gasteiger charge is -2.09. The molecule has 5 aromatic heterocycles. The highest BCUT2D eigenvalue weighted by Gasteiger charge is 2.20. The maximum absolute atomic E-state index is 4.74. The average Bonchev–Trinajstić information content (AvgIpc) is 3.78. The van der Waals surface area contributed by atoms with Crippen LogP contribution in [0.15, 0.2) is 134 Å². The van der Waals surface area contributed by atoms with Crippen molar-refractivity contribution in [3.8, 4) is 32.5 Å². The van der Waals surface area contributed by atoms with E-state index >= 15 is 0 Å². The van der Waals surface area contributed by atoms with Crippen LogP contribution in [-0.4, -0.2) is 29.3 Å². The minimum atomic E-state index is 0.876. The zero-order valence-electron chi connectivity index (χ0n) is 22.8. The van der Waals surface area contributed by atoms with Crippen LogP contribution in [0.1, 0.15) is 0 Å². The van der Waals surface area contributed by atoms with E-state index in [2.05, 4.69) is 116 Å². The van der Waals surface area contributed by atoms with Gasteiger partial charge in [-0.25, -0.2) is 0 Å². The van der Waals surface area contributed by atoms with Crippen LogP contribution in [0.5, 0.6) is 0 Å². The molecule has 9 aromatic rings. The topological polar surface area (TPSA) is 61.4 Å². The zero-order chi connectivity index (χ0) is 28.3. The molecule has 0 aliphatic rings. The first-order chi connectivity index (χ1) is 21.3. The normalized spacial score (nSPS) is 11.7. The van der Waals surface area contributed by atoms with Crippen LogP contribution in [-0.2, 0) is 0 Å². The Morgan fingerprint density at radius 2 is 1.12 bits per heavy atom. The van der Waals surface area contributed by atoms with E-state index in [0.717, 1.165) is 54.6 Å². The Morgan fingerprint density at radius 1 is 0.488 bits per heavy atom. The third kappa shape index (κ3) is 3.65. The van der Waals surface area contributed by atoms with Gasteiger partial charge in [-0.2, -0.15) is 0 Å². The summed E-state index contributed by atoms with van der Waals surface area (Å²) in [6, 6.07) is 38.2. The summed E-state index contributed by atoms with van der Waals surface area (Å²) in [5.41, 5.74) is 8.62. The van der Waals surface area contributed by atoms with E-state index in [-0.39, 0.29) is 0 Å². The van der Waals surface area contributed by atoms with Gasteiger partial charge in [0.2, 0.25) is 0 Å². The fraction of sp³-hybridized carbons (Fsp3) is 0. The molecule has 0 saturated carbocycles. The van der Waals surface area contributed by atoms with Crippen molar-refractivity contribution in [3.05, 3.63) is 134 Å². The Labute approximate surface area is 250 Å². The predicted molar refractivity (Wildman–Crippen MR) is 175 cm³/mol. The minimum Gasteiger partial charge on any atom is -0.308 e. The first-order valence-corrected chi connectivity index (χ1v) is 14.9. The van der Waals surface area contributed by atoms with E-state index in [0.29, 0.717) is 0 Å². The molecule has 0 atom stereocenters. The second-order valence-corrected chi connectivity index (χ2v) is 11.5. The lowest BCUT2D eigenvalue weighted by molar-refractivity contribution is 1.10. The summed E-state index contributed by atoms with van der Waals surface area (Å²) in [6.45, 7) is 0. The highest BCUT2D eigenvalue weighted by Crippen LogP contribution is 2.41. The third-order valence-corrected chi connectivity index (χ3v) is 9.08. The number of para-hydroxylation sites is 3. The molecule has 0 saturated heterocycles. The second kappa shape index (κ2) is 9.44. The molecule has 0 N–H and O–H groups in total. The van der Waals surface area contributed by atoms with Gasteiger partial charge in [-0.15, -0.1) is 10.2 Å². The molecule has 9 rings (SSSR count). The molecular weight excluding hydrogens is 549 g/mol. The highest BCUT2D eigenvalue weighted by atomic mass is 32.1. The fourth-order valence-electron chi connectivity index (χ4n) is 6.26. The molecule has 0 unspecified atom stereocenters. The zero-order valence-corrected chi connectivity index (χ0v) is 23.6. The second-order valence-electron chi connectivity index (χ2n) is 10.5. The van der Waals surface area contributed by atoms with Gasteiger partial charge in [0.1, 0.15) is 10.0 Å². The lowest BCUT2D eigenvalue weighted by Crippen LogP contribution is -1.95. The molecule has 0 amide bonds. The smallest absolute Gasteiger partial charge is 0.150 e. The Kier molecular flexibility index (Phi) is 5.27. The number of pyridine rings is 2. The number of fused-ring (bicyclic) bond motifs is 6. The molecule has 0 aliphatic carbocycles. The largest absolute Gasteiger partial charge is 0.308 e. The quantitative estimate of drug-likeness (QED) is 0.212. The number of rotatable bonds is 4. The van der Waals surface area contributed by atoms with Crippen molar-refractivity contribution in [1.29, 1.82) is 0 Å². The SMILES string of the molecule is c1cncc(-n2c3ccccc3c3ccc(-c4nnc(-c5cccc6c7ccccc7n(-c7cccnc7)c56)s4)cc32)c1. The Bertz CT molecular complexity index is 2460. The van der Waals surface area contributed by atoms with E-state index in [4.69, 9.17) is 10.2 Å². The van der Waals surface area contributed by atoms with Crippen molar-refractivity contribution in [2.75, 3.05) is 0 Å². The molecule has 202 valence electrons. The van der Waals surface area contributed by atoms with Gasteiger partial charge in [0.05, 0.1) is 45.8 Å². The van der Waals surface area contributed by atoms with Gasteiger partial charge in [-0.1, -0.05) is 72.0 Å². The molecule has 5 heterocycles. The molecule has 43 heavy (non-hydrogen) atoms. The molecule has 4 aromatic carbocycles. The van der Waals surface area contributed by atoms with Crippen molar-refractivity contribution >= 4 is 54.9 Å². The van der Waals surface area contributed by atoms with Gasteiger partial charge in [0.15, 0.2) is 0 Å². The van der Waals surface area contributed by atoms with Crippen LogP contribution in [0.3, 0.4) is 0 Å². The lowest BCUT2D eigenvalue weighted by atomic mass is 10.1. The molecule has 7 heteroatoms. The standard InChI is InChI=1S/C36H22N6S/c1-3-14-31-26(10-1)28-17-16-23(20-33(28)41(31)24-8-6-18-37-21-24)35-39-40-36(43-35)30-13-5-12-29-27-11-2-4-15-32(27)42(34(29)30)25-9-7-19-38-22-25/h1-22H. The molecule has 0 radical (unpaired) electrons. The van der Waals surface area contributed by atoms with Gasteiger partial charge < -0.3 is 9.13 Å². The minimum absolute atomic E-state index is 0.876. The first-order valence-electron chi connectivity index (χ1n) is 14.1. The molecular formula is C36H22N6S. The summed E-state index contributed by atoms with van der Waals surface area (Å²) in [5, 5.41) is 16.0. The van der Waals surface area contributed by atoms with Crippen molar-refractivity contribution < 1.29 is 0 Å². The number of aromatic nitrogens is 6. The van der Waals surface area contributed by atoms with Crippen LogP contribution in [0, 0.1) is 0 Å². The van der Waals surface area contributed by atoms with Crippen LogP contribution in [0.4, 0.5) is 0 Å². The molecule has 0 spiro atoms. The molecule has 0 aliphatic heterocycles. The molecule has 0 bridgehead atoms. The highest BCUT2D eigenvalue weighted by molar-refractivity contribution is 7.18. The predicted octanol–water partition coefficient (Wildman–Crippen LogP) is 8.86. The summed E-state index contributed by atoms with van der Waals surface area (Å²) in [5.74, 6) is 0. The molecule has 0 fully saturated rings. The van der Waals surface area contributed by atoms with Crippen LogP contribution in [0.25, 0.3) is 76.1 Å². The first kappa shape index (κ1) is 24.0. The van der Waals surface area contributed by atoms with E-state index in [1.54, 1.807) is 23.7 Å². The van der Waals surface area contributed by atoms with E-state index in [1.807, 2.05) is 24.5 Å². The summed E-state index contributed by atoms with van der Waals surface area (Å²) in [6.07, 6.45) is 7.42. The van der Waals surface area contributed by atoms with Crippen LogP contribution < -0.4 is 0 Å². The Morgan fingerprint density at radius 3 is 1.86 bits per heavy atom. The third-order valence-electron chi connectivity index (χ3n) is 8.08. The van der Waals surface area contributed by atoms with Crippen LogP contribution in [0.2, 0.25) is 0 Å². The van der Waals surface area contributed by atoms with Gasteiger partial charge in [-0.3, -0.25) is 9.97 Å². The van der Waals surface area contributed by atoms with Crippen molar-refractivity contribution in [2.45, 2.75) is 0 Å². The summed E-state index contributed by atoms with van der Waals surface area (Å²) in [7, 11) is 0. The Hall–Kier alpha value is -5.66. The monoisotopic (exact) mass is 570 g/mol. The van der Waals surface area contributed by atoms with Gasteiger partial charge in [0.25, 0.3) is 0 Å². The molecule has 6 nitrogen and oxygen atoms in total. The van der Waals surface area contributed by atoms with Gasteiger partial charge >= 0.3 is 0 Å². The maximum Gasteiger partial charge on any atom is 0.150 e. The maximum atomic E-state index is 4.74. The number of nitrogens with zero attached hydrogens (tertiary/aromatic N) is 6. The van der Waals surface area contributed by atoms with E-state index < -0.39 is 0 Å². The van der Waals surface area contributed by atoms with Crippen LogP contribution >= 0.6 is 11.3 Å². The average molecular weight is 571 g/mol. The van der Waals surface area contributed by atoms with E-state index in [9.17, 15) is 0 Å². The number of benzene rings is 4. The Balaban J connectivity index is 1.24. The van der Waals surface area contributed by atoms with Gasteiger partial charge in [-0.05, 0) is 48.5 Å². The summed E-state index contributed by atoms with van der Waals surface area (Å²) in [4.78, 5) is 8.81. The van der Waals surface area contributed by atoms with Crippen molar-refractivity contribution in [1.82, 2.24) is 29.3 Å². The van der Waals surface area contributed by atoms with Crippen molar-refractivity contribution in [3.63, 3.8) is 0 Å². The number of hydrogen-bond acceptors (Lipinski definition) is 5. The van der Waals surface area contributed by atoms with E-state index in [1.165, 1.54) is 21.5 Å². The summed E-state index contributed by atoms with van der Waals surface area (Å²) < 4.78 is 4.56. The van der Waals surface area contributed by atoms with Gasteiger partial charge in [0, 0.05) is 45.1 Å². The number of hydrogen-bond donors (Lipinski definition) is 0. The van der Waals surface area contributed by atoms with Crippen molar-refractivity contribution in [2.24, 2.45) is 0 Å². The summed E-state index contributed by atoms with van der Waals surface area (Å²) >= 11 is 1.61. The fourth-order valence-corrected chi connectivity index (χ4v) is 7.13.